The Morgan fingerprint density at radius 1 is 1.59 bits per heavy atom. The molecular formula is C10H12N2O5. The molecule has 0 spiro atoms. The summed E-state index contributed by atoms with van der Waals surface area (Å²) in [5.41, 5.74) is -0.108. The van der Waals surface area contributed by atoms with E-state index in [2.05, 4.69) is 5.32 Å². The van der Waals surface area contributed by atoms with E-state index in [9.17, 15) is 20.0 Å². The predicted octanol–water partition coefficient (Wildman–Crippen LogP) is 1.58. The van der Waals surface area contributed by atoms with Crippen molar-refractivity contribution in [2.75, 3.05) is 5.32 Å². The smallest absolute Gasteiger partial charge is 0.305 e. The average molecular weight is 240 g/mol. The lowest BCUT2D eigenvalue weighted by Crippen LogP contribution is -2.19. The number of benzene rings is 1. The normalized spacial score (nSPS) is 11.8. The van der Waals surface area contributed by atoms with Crippen LogP contribution in [0.2, 0.25) is 0 Å². The number of carboxylic acid groups (broad SMARTS) is 1. The highest BCUT2D eigenvalue weighted by Crippen LogP contribution is 2.28. The zero-order valence-electron chi connectivity index (χ0n) is 9.08. The Morgan fingerprint density at radius 2 is 2.24 bits per heavy atom. The molecule has 7 heteroatoms. The number of anilines is 1. The van der Waals surface area contributed by atoms with Gasteiger partial charge in [0.2, 0.25) is 0 Å². The molecule has 0 saturated carbocycles. The van der Waals surface area contributed by atoms with Gasteiger partial charge in [0.05, 0.1) is 11.3 Å². The van der Waals surface area contributed by atoms with Crippen molar-refractivity contribution in [3.8, 4) is 5.75 Å². The second-order valence-electron chi connectivity index (χ2n) is 3.60. The number of carbonyl (C=O) groups is 1. The maximum Gasteiger partial charge on any atom is 0.305 e. The Bertz CT molecular complexity index is 446. The topological polar surface area (TPSA) is 113 Å². The number of aliphatic carboxylic acids is 1. The summed E-state index contributed by atoms with van der Waals surface area (Å²) in [5, 5.41) is 31.2. The number of aromatic hydroxyl groups is 1. The van der Waals surface area contributed by atoms with Crippen LogP contribution in [0.25, 0.3) is 0 Å². The molecule has 0 bridgehead atoms. The fourth-order valence-corrected chi connectivity index (χ4v) is 1.38. The van der Waals surface area contributed by atoms with Crippen LogP contribution in [-0.4, -0.2) is 27.1 Å². The van der Waals surface area contributed by atoms with Gasteiger partial charge in [0.1, 0.15) is 11.4 Å². The lowest BCUT2D eigenvalue weighted by atomic mass is 10.2. The number of nitro benzene ring substituents is 1. The van der Waals surface area contributed by atoms with E-state index < -0.39 is 16.9 Å². The molecule has 1 rings (SSSR count). The third-order valence-corrected chi connectivity index (χ3v) is 2.06. The summed E-state index contributed by atoms with van der Waals surface area (Å²) in [5.74, 6) is -1.13. The maximum absolute atomic E-state index is 10.7. The van der Waals surface area contributed by atoms with Gasteiger partial charge >= 0.3 is 5.97 Å². The lowest BCUT2D eigenvalue weighted by Gasteiger charge is -2.13. The minimum Gasteiger partial charge on any atom is -0.508 e. The van der Waals surface area contributed by atoms with Crippen molar-refractivity contribution in [3.63, 3.8) is 0 Å². The molecule has 0 amide bonds. The molecule has 0 aromatic heterocycles. The molecule has 0 aliphatic carbocycles. The molecule has 0 heterocycles. The Kier molecular flexibility index (Phi) is 3.86. The van der Waals surface area contributed by atoms with Gasteiger partial charge in [-0.3, -0.25) is 14.9 Å². The van der Waals surface area contributed by atoms with Gasteiger partial charge in [0.25, 0.3) is 5.69 Å². The minimum absolute atomic E-state index is 0.101. The van der Waals surface area contributed by atoms with Gasteiger partial charge in [-0.2, -0.15) is 0 Å². The Morgan fingerprint density at radius 3 is 2.76 bits per heavy atom. The molecule has 1 aromatic carbocycles. The van der Waals surface area contributed by atoms with E-state index in [0.717, 1.165) is 6.07 Å². The first-order valence-electron chi connectivity index (χ1n) is 4.86. The number of nitrogens with zero attached hydrogens (tertiary/aromatic N) is 1. The third-order valence-electron chi connectivity index (χ3n) is 2.06. The third kappa shape index (κ3) is 3.63. The molecule has 7 nitrogen and oxygen atoms in total. The molecule has 3 N–H and O–H groups in total. The first-order chi connectivity index (χ1) is 7.90. The summed E-state index contributed by atoms with van der Waals surface area (Å²) in [6, 6.07) is 3.07. The number of nitro groups is 1. The van der Waals surface area contributed by atoms with Crippen molar-refractivity contribution in [1.29, 1.82) is 0 Å². The molecule has 0 radical (unpaired) electrons. The molecule has 0 fully saturated rings. The molecule has 0 aliphatic rings. The zero-order chi connectivity index (χ0) is 13.0. The van der Waals surface area contributed by atoms with Crippen LogP contribution in [-0.2, 0) is 4.79 Å². The number of phenolic OH excluding ortho intramolecular Hbond substituents is 1. The van der Waals surface area contributed by atoms with E-state index in [1.807, 2.05) is 0 Å². The van der Waals surface area contributed by atoms with Gasteiger partial charge in [-0.15, -0.1) is 0 Å². The number of hydrogen-bond donors (Lipinski definition) is 3. The molecule has 1 atom stereocenters. The Labute approximate surface area is 96.8 Å². The minimum atomic E-state index is -1.01. The van der Waals surface area contributed by atoms with Gasteiger partial charge in [0.15, 0.2) is 0 Å². The van der Waals surface area contributed by atoms with Crippen molar-refractivity contribution in [2.45, 2.75) is 19.4 Å². The second-order valence-corrected chi connectivity index (χ2v) is 3.60. The summed E-state index contributed by atoms with van der Waals surface area (Å²) in [4.78, 5) is 20.6. The van der Waals surface area contributed by atoms with E-state index in [1.165, 1.54) is 12.1 Å². The molecule has 1 unspecified atom stereocenters. The average Bonchev–Trinajstić information content (AvgIpc) is 2.15. The van der Waals surface area contributed by atoms with E-state index in [-0.39, 0.29) is 23.5 Å². The summed E-state index contributed by atoms with van der Waals surface area (Å²) in [6.07, 6.45) is -0.174. The van der Waals surface area contributed by atoms with Crippen molar-refractivity contribution >= 4 is 17.3 Å². The van der Waals surface area contributed by atoms with Crippen LogP contribution in [0.5, 0.6) is 5.75 Å². The van der Waals surface area contributed by atoms with Crippen LogP contribution >= 0.6 is 0 Å². The first kappa shape index (κ1) is 12.8. The van der Waals surface area contributed by atoms with Gasteiger partial charge < -0.3 is 15.5 Å². The van der Waals surface area contributed by atoms with Crippen LogP contribution in [0.15, 0.2) is 18.2 Å². The molecule has 1 aromatic rings. The van der Waals surface area contributed by atoms with Crippen molar-refractivity contribution in [3.05, 3.63) is 28.3 Å². The summed E-state index contributed by atoms with van der Waals surface area (Å²) in [7, 11) is 0. The molecule has 17 heavy (non-hydrogen) atoms. The quantitative estimate of drug-likeness (QED) is 0.532. The fourth-order valence-electron chi connectivity index (χ4n) is 1.38. The predicted molar refractivity (Wildman–Crippen MR) is 60.1 cm³/mol. The van der Waals surface area contributed by atoms with E-state index >= 15 is 0 Å². The lowest BCUT2D eigenvalue weighted by molar-refractivity contribution is -0.384. The zero-order valence-corrected chi connectivity index (χ0v) is 9.08. The van der Waals surface area contributed by atoms with E-state index in [1.54, 1.807) is 6.92 Å². The van der Waals surface area contributed by atoms with E-state index in [0.29, 0.717) is 0 Å². The molecule has 0 aliphatic heterocycles. The first-order valence-corrected chi connectivity index (χ1v) is 4.86. The highest BCUT2D eigenvalue weighted by atomic mass is 16.6. The number of rotatable bonds is 5. The number of nitrogens with one attached hydrogen (secondary N) is 1. The van der Waals surface area contributed by atoms with Crippen LogP contribution in [0.1, 0.15) is 13.3 Å². The van der Waals surface area contributed by atoms with Crippen LogP contribution in [0, 0.1) is 10.1 Å². The summed E-state index contributed by atoms with van der Waals surface area (Å²) in [6.45, 7) is 1.59. The van der Waals surface area contributed by atoms with Crippen LogP contribution in [0.3, 0.4) is 0 Å². The monoisotopic (exact) mass is 240 g/mol. The molecule has 0 saturated heterocycles. The second kappa shape index (κ2) is 5.15. The number of phenols is 1. The SMILES string of the molecule is CC(CC(=O)O)Nc1cc(O)ccc1[N+](=O)[O-]. The fraction of sp³-hybridized carbons (Fsp3) is 0.300. The number of carboxylic acids is 1. The van der Waals surface area contributed by atoms with Gasteiger partial charge in [-0.05, 0) is 13.0 Å². The van der Waals surface area contributed by atoms with Gasteiger partial charge in [-0.25, -0.2) is 0 Å². The standard InChI is InChI=1S/C10H12N2O5/c1-6(4-10(14)15)11-8-5-7(13)2-3-9(8)12(16)17/h2-3,5-6,11,13H,4H2,1H3,(H,14,15). The van der Waals surface area contributed by atoms with Gasteiger partial charge in [0, 0.05) is 18.2 Å². The summed E-state index contributed by atoms with van der Waals surface area (Å²) >= 11 is 0. The highest BCUT2D eigenvalue weighted by Gasteiger charge is 2.17. The van der Waals surface area contributed by atoms with E-state index in [4.69, 9.17) is 5.11 Å². The van der Waals surface area contributed by atoms with Crippen LogP contribution < -0.4 is 5.32 Å². The Hall–Kier alpha value is -2.31. The number of hydrogen-bond acceptors (Lipinski definition) is 5. The largest absolute Gasteiger partial charge is 0.508 e. The molecular weight excluding hydrogens is 228 g/mol. The van der Waals surface area contributed by atoms with Crippen molar-refractivity contribution in [1.82, 2.24) is 0 Å². The van der Waals surface area contributed by atoms with Crippen LogP contribution in [0.4, 0.5) is 11.4 Å². The van der Waals surface area contributed by atoms with Gasteiger partial charge in [-0.1, -0.05) is 0 Å². The Balaban J connectivity index is 2.92. The van der Waals surface area contributed by atoms with Crippen molar-refractivity contribution < 1.29 is 19.9 Å². The summed E-state index contributed by atoms with van der Waals surface area (Å²) < 4.78 is 0. The molecule has 92 valence electrons. The maximum atomic E-state index is 10.7. The van der Waals surface area contributed by atoms with Crippen molar-refractivity contribution in [2.24, 2.45) is 0 Å². The highest BCUT2D eigenvalue weighted by molar-refractivity contribution is 5.69.